The Labute approximate surface area is 116 Å². The molecule has 1 unspecified atom stereocenters. The first-order chi connectivity index (χ1) is 8.73. The first kappa shape index (κ1) is 15.5. The summed E-state index contributed by atoms with van der Waals surface area (Å²) in [4.78, 5) is 12.1. The zero-order chi connectivity index (χ0) is 14.7. The molecule has 1 amide bonds. The van der Waals surface area contributed by atoms with E-state index in [0.29, 0.717) is 6.07 Å². The summed E-state index contributed by atoms with van der Waals surface area (Å²) in [7, 11) is 0. The van der Waals surface area contributed by atoms with E-state index >= 15 is 0 Å². The molecule has 6 heteroatoms. The zero-order valence-corrected chi connectivity index (χ0v) is 11.8. The molecule has 0 aliphatic carbocycles. The summed E-state index contributed by atoms with van der Waals surface area (Å²) in [6.07, 6.45) is 0. The van der Waals surface area contributed by atoms with E-state index in [1.807, 2.05) is 13.8 Å². The molecule has 1 rings (SSSR count). The van der Waals surface area contributed by atoms with E-state index in [-0.39, 0.29) is 22.0 Å². The van der Waals surface area contributed by atoms with Gasteiger partial charge in [0.25, 0.3) is 5.91 Å². The van der Waals surface area contributed by atoms with Crippen molar-refractivity contribution in [3.05, 3.63) is 34.9 Å². The summed E-state index contributed by atoms with van der Waals surface area (Å²) in [5.41, 5.74) is 5.49. The average Bonchev–Trinajstić information content (AvgIpc) is 2.29. The van der Waals surface area contributed by atoms with Gasteiger partial charge in [-0.15, -0.1) is 0 Å². The third kappa shape index (κ3) is 3.70. The van der Waals surface area contributed by atoms with Crippen molar-refractivity contribution < 1.29 is 13.6 Å². The predicted octanol–water partition coefficient (Wildman–Crippen LogP) is 2.31. The van der Waals surface area contributed by atoms with Gasteiger partial charge in [-0.05, 0) is 24.5 Å². The number of carbonyl (C=O) groups excluding carboxylic acids is 1. The molecule has 3 nitrogen and oxygen atoms in total. The summed E-state index contributed by atoms with van der Waals surface area (Å²) < 4.78 is 26.7. The van der Waals surface area contributed by atoms with Crippen LogP contribution < -0.4 is 11.1 Å². The second-order valence-corrected chi connectivity index (χ2v) is 5.15. The lowest BCUT2D eigenvalue weighted by molar-refractivity contribution is 0.0935. The molecular weight excluding hydrogens is 270 g/mol. The van der Waals surface area contributed by atoms with Crippen LogP contribution in [0.5, 0.6) is 0 Å². The standard InChI is InChI=1S/C13H16F2N2OS/c1-6(2)11(12(16)19)17-13(18)8-4-7(3)9(14)5-10(8)15/h4-6,11H,1-3H3,(H2,16,19)(H,17,18). The van der Waals surface area contributed by atoms with Crippen LogP contribution in [-0.2, 0) is 0 Å². The van der Waals surface area contributed by atoms with Crippen LogP contribution in [-0.4, -0.2) is 16.9 Å². The van der Waals surface area contributed by atoms with Gasteiger partial charge in [0.2, 0.25) is 0 Å². The number of rotatable bonds is 4. The van der Waals surface area contributed by atoms with Crippen molar-refractivity contribution in [3.8, 4) is 0 Å². The zero-order valence-electron chi connectivity index (χ0n) is 11.0. The topological polar surface area (TPSA) is 55.1 Å². The SMILES string of the molecule is Cc1cc(C(=O)NC(C(N)=S)C(C)C)c(F)cc1F. The molecule has 0 aliphatic rings. The van der Waals surface area contributed by atoms with E-state index in [4.69, 9.17) is 18.0 Å². The quantitative estimate of drug-likeness (QED) is 0.835. The van der Waals surface area contributed by atoms with Crippen molar-refractivity contribution in [3.63, 3.8) is 0 Å². The molecule has 3 N–H and O–H groups in total. The van der Waals surface area contributed by atoms with Gasteiger partial charge in [-0.1, -0.05) is 26.1 Å². The number of benzene rings is 1. The summed E-state index contributed by atoms with van der Waals surface area (Å²) >= 11 is 4.85. The molecule has 19 heavy (non-hydrogen) atoms. The highest BCUT2D eigenvalue weighted by Crippen LogP contribution is 2.15. The van der Waals surface area contributed by atoms with E-state index in [9.17, 15) is 13.6 Å². The van der Waals surface area contributed by atoms with Crippen LogP contribution in [0.3, 0.4) is 0 Å². The normalized spacial score (nSPS) is 12.3. The Kier molecular flexibility index (Phi) is 4.94. The van der Waals surface area contributed by atoms with Gasteiger partial charge < -0.3 is 11.1 Å². The number of nitrogens with one attached hydrogen (secondary N) is 1. The first-order valence-corrected chi connectivity index (χ1v) is 6.20. The van der Waals surface area contributed by atoms with Crippen molar-refractivity contribution in [2.24, 2.45) is 11.7 Å². The molecule has 1 aromatic rings. The van der Waals surface area contributed by atoms with Gasteiger partial charge in [0.15, 0.2) is 0 Å². The minimum Gasteiger partial charge on any atom is -0.392 e. The Morgan fingerprint density at radius 1 is 1.32 bits per heavy atom. The number of nitrogens with two attached hydrogens (primary N) is 1. The molecule has 1 atom stereocenters. The number of halogens is 2. The fraction of sp³-hybridized carbons (Fsp3) is 0.385. The number of carbonyl (C=O) groups is 1. The molecule has 104 valence electrons. The van der Waals surface area contributed by atoms with Gasteiger partial charge in [0, 0.05) is 6.07 Å². The Bertz CT molecular complexity index is 518. The van der Waals surface area contributed by atoms with Gasteiger partial charge in [-0.3, -0.25) is 4.79 Å². The van der Waals surface area contributed by atoms with Crippen LogP contribution in [0.2, 0.25) is 0 Å². The summed E-state index contributed by atoms with van der Waals surface area (Å²) in [5.74, 6) is -2.28. The maximum absolute atomic E-state index is 13.6. The van der Waals surface area contributed by atoms with Crippen LogP contribution in [0, 0.1) is 24.5 Å². The van der Waals surface area contributed by atoms with Crippen LogP contribution in [0.15, 0.2) is 12.1 Å². The van der Waals surface area contributed by atoms with Crippen LogP contribution in [0.25, 0.3) is 0 Å². The molecule has 1 aromatic carbocycles. The molecule has 0 radical (unpaired) electrons. The van der Waals surface area contributed by atoms with Crippen LogP contribution in [0.1, 0.15) is 29.8 Å². The third-order valence-corrected chi connectivity index (χ3v) is 3.01. The van der Waals surface area contributed by atoms with Gasteiger partial charge in [0.1, 0.15) is 11.6 Å². The summed E-state index contributed by atoms with van der Waals surface area (Å²) in [6, 6.07) is 1.32. The minimum atomic E-state index is -0.911. The molecule has 0 aromatic heterocycles. The van der Waals surface area contributed by atoms with Crippen LogP contribution in [0.4, 0.5) is 8.78 Å². The van der Waals surface area contributed by atoms with Crippen LogP contribution >= 0.6 is 12.2 Å². The highest BCUT2D eigenvalue weighted by molar-refractivity contribution is 7.80. The maximum Gasteiger partial charge on any atom is 0.254 e. The van der Waals surface area contributed by atoms with E-state index in [1.54, 1.807) is 0 Å². The maximum atomic E-state index is 13.6. The van der Waals surface area contributed by atoms with Gasteiger partial charge in [-0.25, -0.2) is 8.78 Å². The van der Waals surface area contributed by atoms with Crippen molar-refractivity contribution in [1.82, 2.24) is 5.32 Å². The van der Waals surface area contributed by atoms with Crippen molar-refractivity contribution in [2.45, 2.75) is 26.8 Å². The molecule has 0 bridgehead atoms. The predicted molar refractivity (Wildman–Crippen MR) is 74.0 cm³/mol. The first-order valence-electron chi connectivity index (χ1n) is 5.79. The molecule has 0 heterocycles. The lowest BCUT2D eigenvalue weighted by Crippen LogP contribution is -2.47. The van der Waals surface area contributed by atoms with Gasteiger partial charge in [0.05, 0.1) is 16.6 Å². The fourth-order valence-corrected chi connectivity index (χ4v) is 1.95. The van der Waals surface area contributed by atoms with Crippen molar-refractivity contribution in [1.29, 1.82) is 0 Å². The van der Waals surface area contributed by atoms with Crippen molar-refractivity contribution >= 4 is 23.1 Å². The Balaban J connectivity index is 3.01. The smallest absolute Gasteiger partial charge is 0.254 e. The average molecular weight is 286 g/mol. The van der Waals surface area contributed by atoms with Gasteiger partial charge >= 0.3 is 0 Å². The molecule has 0 saturated heterocycles. The molecular formula is C13H16F2N2OS. The number of thiocarbonyl (C=S) groups is 1. The lowest BCUT2D eigenvalue weighted by Gasteiger charge is -2.21. The Hall–Kier alpha value is -1.56. The number of hydrogen-bond acceptors (Lipinski definition) is 2. The monoisotopic (exact) mass is 286 g/mol. The van der Waals surface area contributed by atoms with E-state index in [2.05, 4.69) is 5.32 Å². The molecule has 0 spiro atoms. The van der Waals surface area contributed by atoms with E-state index < -0.39 is 23.6 Å². The molecule has 0 aliphatic heterocycles. The van der Waals surface area contributed by atoms with E-state index in [1.165, 1.54) is 6.92 Å². The lowest BCUT2D eigenvalue weighted by atomic mass is 10.0. The molecule has 0 saturated carbocycles. The third-order valence-electron chi connectivity index (χ3n) is 2.75. The second-order valence-electron chi connectivity index (χ2n) is 4.68. The van der Waals surface area contributed by atoms with Gasteiger partial charge in [-0.2, -0.15) is 0 Å². The fourth-order valence-electron chi connectivity index (χ4n) is 1.62. The highest BCUT2D eigenvalue weighted by Gasteiger charge is 2.22. The van der Waals surface area contributed by atoms with E-state index in [0.717, 1.165) is 6.07 Å². The summed E-state index contributed by atoms with van der Waals surface area (Å²) in [6.45, 7) is 5.12. The van der Waals surface area contributed by atoms with Crippen molar-refractivity contribution in [2.75, 3.05) is 0 Å². The number of amides is 1. The summed E-state index contributed by atoms with van der Waals surface area (Å²) in [5, 5.41) is 2.55. The number of hydrogen-bond donors (Lipinski definition) is 2. The molecule has 0 fully saturated rings. The minimum absolute atomic E-state index is 0.0222. The Morgan fingerprint density at radius 3 is 2.37 bits per heavy atom. The highest BCUT2D eigenvalue weighted by atomic mass is 32.1. The largest absolute Gasteiger partial charge is 0.392 e. The second kappa shape index (κ2) is 6.06. The number of aryl methyl sites for hydroxylation is 1. The Morgan fingerprint density at radius 2 is 1.89 bits per heavy atom.